The van der Waals surface area contributed by atoms with E-state index in [4.69, 9.17) is 6.42 Å². The van der Waals surface area contributed by atoms with Gasteiger partial charge < -0.3 is 4.57 Å². The predicted octanol–water partition coefficient (Wildman–Crippen LogP) is 11.9. The third-order valence-electron chi connectivity index (χ3n) is 9.27. The molecule has 0 aliphatic carbocycles. The van der Waals surface area contributed by atoms with Gasteiger partial charge >= 0.3 is 0 Å². The maximum Gasteiger partial charge on any atom is 0.0991 e. The highest BCUT2D eigenvalue weighted by atomic mass is 15.0. The quantitative estimate of drug-likeness (QED) is 0.108. The first-order valence-electron chi connectivity index (χ1n) is 16.0. The Morgan fingerprint density at radius 1 is 0.604 bits per heavy atom. The molecule has 224 valence electrons. The summed E-state index contributed by atoms with van der Waals surface area (Å²) in [5.74, 6) is 2.80. The lowest BCUT2D eigenvalue weighted by Gasteiger charge is -2.20. The van der Waals surface area contributed by atoms with Crippen LogP contribution in [0.3, 0.4) is 0 Å². The lowest BCUT2D eigenvalue weighted by atomic mass is 9.84. The molecule has 0 spiro atoms. The molecule has 0 N–H and O–H groups in total. The molecule has 1 heterocycles. The summed E-state index contributed by atoms with van der Waals surface area (Å²) in [6.07, 6.45) is 9.99. The lowest BCUT2D eigenvalue weighted by Crippen LogP contribution is -1.97. The molecule has 2 heteroatoms. The molecule has 8 rings (SSSR count). The number of fused-ring (bicyclic) bond motifs is 5. The summed E-state index contributed by atoms with van der Waals surface area (Å²) >= 11 is 0. The van der Waals surface area contributed by atoms with Crippen molar-refractivity contribution in [2.75, 3.05) is 0 Å². The van der Waals surface area contributed by atoms with E-state index < -0.39 is 0 Å². The molecule has 8 aromatic rings. The van der Waals surface area contributed by atoms with Crippen molar-refractivity contribution < 1.29 is 0 Å². The molecule has 1 aromatic heterocycles. The van der Waals surface area contributed by atoms with Gasteiger partial charge in [-0.2, -0.15) is 5.26 Å². The van der Waals surface area contributed by atoms with Crippen molar-refractivity contribution in [1.29, 1.82) is 5.26 Å². The van der Waals surface area contributed by atoms with Crippen LogP contribution < -0.4 is 0 Å². The minimum atomic E-state index is 0.631. The molecule has 0 aliphatic heterocycles. The van der Waals surface area contributed by atoms with E-state index in [0.29, 0.717) is 5.56 Å². The predicted molar refractivity (Wildman–Crippen MR) is 203 cm³/mol. The molecule has 0 saturated carbocycles. The number of aromatic nitrogens is 1. The van der Waals surface area contributed by atoms with Crippen molar-refractivity contribution in [3.05, 3.63) is 169 Å². The largest absolute Gasteiger partial charge is 0.309 e. The Morgan fingerprint density at radius 3 is 1.83 bits per heavy atom. The third-order valence-corrected chi connectivity index (χ3v) is 9.27. The number of hydrogen-bond donors (Lipinski definition) is 0. The first-order valence-corrected chi connectivity index (χ1v) is 16.0. The van der Waals surface area contributed by atoms with E-state index in [9.17, 15) is 5.26 Å². The zero-order chi connectivity index (χ0) is 32.6. The van der Waals surface area contributed by atoms with Crippen molar-refractivity contribution in [2.24, 2.45) is 0 Å². The highest BCUT2D eigenvalue weighted by Crippen LogP contribution is 2.45. The highest BCUT2D eigenvalue weighted by Gasteiger charge is 2.19. The van der Waals surface area contributed by atoms with E-state index in [0.717, 1.165) is 38.6 Å². The second-order valence-electron chi connectivity index (χ2n) is 12.0. The summed E-state index contributed by atoms with van der Waals surface area (Å²) in [4.78, 5) is 0. The van der Waals surface area contributed by atoms with E-state index in [1.165, 1.54) is 43.8 Å². The van der Waals surface area contributed by atoms with E-state index in [2.05, 4.69) is 145 Å². The van der Waals surface area contributed by atoms with Crippen LogP contribution in [0.2, 0.25) is 0 Å². The Labute approximate surface area is 280 Å². The second kappa shape index (κ2) is 12.0. The first kappa shape index (κ1) is 28.8. The van der Waals surface area contributed by atoms with Crippen LogP contribution >= 0.6 is 0 Å². The molecule has 0 radical (unpaired) electrons. The molecule has 48 heavy (non-hydrogen) atoms. The molecule has 0 bridgehead atoms. The van der Waals surface area contributed by atoms with Crippen molar-refractivity contribution in [3.8, 4) is 40.7 Å². The zero-order valence-electron chi connectivity index (χ0n) is 26.5. The number of allylic oxidation sites excluding steroid dienone is 4. The van der Waals surface area contributed by atoms with E-state index in [-0.39, 0.29) is 0 Å². The Morgan fingerprint density at radius 2 is 1.17 bits per heavy atom. The lowest BCUT2D eigenvalue weighted by molar-refractivity contribution is 1.24. The fourth-order valence-corrected chi connectivity index (χ4v) is 7.26. The summed E-state index contributed by atoms with van der Waals surface area (Å²) < 4.78 is 2.21. The van der Waals surface area contributed by atoms with Crippen LogP contribution in [0.15, 0.2) is 158 Å². The van der Waals surface area contributed by atoms with Crippen LogP contribution in [0.25, 0.3) is 76.9 Å². The smallest absolute Gasteiger partial charge is 0.0991 e. The Hall–Kier alpha value is -6.61. The molecule has 0 unspecified atom stereocenters. The third kappa shape index (κ3) is 4.68. The Balaban J connectivity index is 1.38. The average Bonchev–Trinajstić information content (AvgIpc) is 3.47. The van der Waals surface area contributed by atoms with Crippen molar-refractivity contribution in [2.45, 2.75) is 6.92 Å². The van der Waals surface area contributed by atoms with Crippen molar-refractivity contribution in [3.63, 3.8) is 0 Å². The van der Waals surface area contributed by atoms with Crippen LogP contribution in [0.5, 0.6) is 0 Å². The van der Waals surface area contributed by atoms with Gasteiger partial charge in [-0.25, -0.2) is 0 Å². The van der Waals surface area contributed by atoms with Crippen molar-refractivity contribution in [1.82, 2.24) is 4.57 Å². The van der Waals surface area contributed by atoms with Gasteiger partial charge in [0, 0.05) is 16.8 Å². The highest BCUT2D eigenvalue weighted by molar-refractivity contribution is 6.22. The van der Waals surface area contributed by atoms with Gasteiger partial charge in [0.05, 0.1) is 28.4 Å². The maximum atomic E-state index is 9.64. The monoisotopic (exact) mass is 610 g/mol. The van der Waals surface area contributed by atoms with Gasteiger partial charge in [-0.1, -0.05) is 127 Å². The van der Waals surface area contributed by atoms with Gasteiger partial charge in [0.15, 0.2) is 0 Å². The van der Waals surface area contributed by atoms with Crippen LogP contribution in [0.4, 0.5) is 0 Å². The number of nitriles is 1. The number of hydrogen-bond acceptors (Lipinski definition) is 1. The summed E-state index contributed by atoms with van der Waals surface area (Å²) in [7, 11) is 0. The maximum absolute atomic E-state index is 9.64. The van der Waals surface area contributed by atoms with E-state index >= 15 is 0 Å². The number of para-hydroxylation sites is 1. The van der Waals surface area contributed by atoms with Gasteiger partial charge in [0.25, 0.3) is 0 Å². The summed E-state index contributed by atoms with van der Waals surface area (Å²) in [6.45, 7) is 2.16. The minimum Gasteiger partial charge on any atom is -0.309 e. The van der Waals surface area contributed by atoms with Crippen LogP contribution in [0, 0.1) is 23.7 Å². The molecular formula is C46H30N2. The molecule has 0 saturated heterocycles. The minimum absolute atomic E-state index is 0.631. The fourth-order valence-electron chi connectivity index (χ4n) is 7.26. The number of benzene rings is 7. The Kier molecular flexibility index (Phi) is 7.18. The van der Waals surface area contributed by atoms with E-state index in [1.54, 1.807) is 0 Å². The van der Waals surface area contributed by atoms with Gasteiger partial charge in [-0.3, -0.25) is 0 Å². The van der Waals surface area contributed by atoms with Crippen LogP contribution in [-0.2, 0) is 0 Å². The second-order valence-corrected chi connectivity index (χ2v) is 12.0. The summed E-state index contributed by atoms with van der Waals surface area (Å²) in [5.41, 5.74) is 10.6. The SMILES string of the molecule is C#C/C=C(\C=C(/C)c1ccccc1-c1c2ccccc2c(-c2ccccc2)c2ccccc12)n1c2ccccc2c2cc(C#N)ccc21. The molecule has 0 amide bonds. The molecule has 0 atom stereocenters. The van der Waals surface area contributed by atoms with Crippen molar-refractivity contribution >= 4 is 54.6 Å². The number of terminal acetylenes is 1. The van der Waals surface area contributed by atoms with Crippen LogP contribution in [0.1, 0.15) is 18.1 Å². The van der Waals surface area contributed by atoms with Gasteiger partial charge in [0.1, 0.15) is 0 Å². The first-order chi connectivity index (χ1) is 23.7. The standard InChI is InChI=1S/C46H30N2/c1-3-15-34(48-43-25-14-13-19-36(43)42-29-32(30-47)26-27-44(42)48)28-31(2)35-18-7-8-20-37(35)46-40-23-11-9-21-38(40)45(33-16-5-4-6-17-33)39-22-10-12-24-41(39)46/h1,4-29H,2H3/b31-28+,34-15+. The Bertz CT molecular complexity index is 2630. The molecular weight excluding hydrogens is 581 g/mol. The number of rotatable bonds is 5. The van der Waals surface area contributed by atoms with Gasteiger partial charge in [0.2, 0.25) is 0 Å². The zero-order valence-corrected chi connectivity index (χ0v) is 26.5. The summed E-state index contributed by atoms with van der Waals surface area (Å²) in [6, 6.07) is 53.3. The molecule has 7 aromatic carbocycles. The van der Waals surface area contributed by atoms with Crippen LogP contribution in [-0.4, -0.2) is 4.57 Å². The molecule has 0 aliphatic rings. The number of nitrogens with zero attached hydrogens (tertiary/aromatic N) is 2. The topological polar surface area (TPSA) is 28.7 Å². The normalized spacial score (nSPS) is 12.1. The fraction of sp³-hybridized carbons (Fsp3) is 0.0217. The van der Waals surface area contributed by atoms with Gasteiger partial charge in [-0.05, 0) is 92.2 Å². The molecule has 2 nitrogen and oxygen atoms in total. The molecule has 0 fully saturated rings. The average molecular weight is 611 g/mol. The summed E-state index contributed by atoms with van der Waals surface area (Å²) in [5, 5.41) is 16.6. The van der Waals surface area contributed by atoms with Gasteiger partial charge in [-0.15, -0.1) is 6.42 Å². The van der Waals surface area contributed by atoms with E-state index in [1.807, 2.05) is 36.4 Å².